The van der Waals surface area contributed by atoms with Crippen molar-refractivity contribution in [2.75, 3.05) is 24.7 Å². The number of primary sulfonamides is 1. The van der Waals surface area contributed by atoms with Gasteiger partial charge in [-0.2, -0.15) is 4.31 Å². The zero-order chi connectivity index (χ0) is 23.8. The molecular weight excluding hydrogens is 505 g/mol. The number of thioether (sulfide) groups is 1. The lowest BCUT2D eigenvalue weighted by Gasteiger charge is -2.30. The van der Waals surface area contributed by atoms with Crippen molar-refractivity contribution in [2.45, 2.75) is 27.5 Å². The average molecular weight is 527 g/mol. The summed E-state index contributed by atoms with van der Waals surface area (Å²) >= 11 is 2.54. The summed E-state index contributed by atoms with van der Waals surface area (Å²) < 4.78 is 51.3. The molecule has 33 heavy (non-hydrogen) atoms. The molecule has 0 saturated carbocycles. The Labute approximate surface area is 200 Å². The highest BCUT2D eigenvalue weighted by Crippen LogP contribution is 2.31. The number of hydrogen-bond donors (Lipinski definition) is 2. The second-order valence-electron chi connectivity index (χ2n) is 7.51. The van der Waals surface area contributed by atoms with Crippen LogP contribution in [-0.4, -0.2) is 51.4 Å². The molecule has 9 nitrogen and oxygen atoms in total. The lowest BCUT2D eigenvalue weighted by molar-refractivity contribution is -0.120. The molecule has 2 aromatic carbocycles. The number of amides is 1. The van der Waals surface area contributed by atoms with Crippen molar-refractivity contribution >= 4 is 64.4 Å². The van der Waals surface area contributed by atoms with Gasteiger partial charge in [-0.05, 0) is 49.4 Å². The summed E-state index contributed by atoms with van der Waals surface area (Å²) in [6.45, 7) is 0.501. The van der Waals surface area contributed by atoms with E-state index in [4.69, 9.17) is 5.14 Å². The first-order valence-corrected chi connectivity index (χ1v) is 15.0. The molecule has 1 aromatic heterocycles. The Balaban J connectivity index is 1.42. The van der Waals surface area contributed by atoms with E-state index in [-0.39, 0.29) is 34.7 Å². The Morgan fingerprint density at radius 3 is 2.52 bits per heavy atom. The summed E-state index contributed by atoms with van der Waals surface area (Å²) in [4.78, 5) is 18.1. The first kappa shape index (κ1) is 24.1. The van der Waals surface area contributed by atoms with E-state index >= 15 is 0 Å². The number of benzene rings is 2. The van der Waals surface area contributed by atoms with Crippen LogP contribution >= 0.6 is 23.1 Å². The van der Waals surface area contributed by atoms with Crippen LogP contribution in [0.5, 0.6) is 0 Å². The maximum atomic E-state index is 13.1. The van der Waals surface area contributed by atoms with Crippen LogP contribution in [0.4, 0.5) is 5.13 Å². The predicted molar refractivity (Wildman–Crippen MR) is 129 cm³/mol. The van der Waals surface area contributed by atoms with Gasteiger partial charge >= 0.3 is 0 Å². The van der Waals surface area contributed by atoms with Crippen molar-refractivity contribution in [1.82, 2.24) is 9.29 Å². The molecule has 2 heterocycles. The molecule has 0 bridgehead atoms. The number of nitrogens with zero attached hydrogens (tertiary/aromatic N) is 2. The summed E-state index contributed by atoms with van der Waals surface area (Å²) in [5.41, 5.74) is 0.552. The summed E-state index contributed by atoms with van der Waals surface area (Å²) in [6.07, 6.45) is 2.63. The molecule has 0 radical (unpaired) electrons. The first-order valence-electron chi connectivity index (χ1n) is 9.97. The normalized spacial score (nSPS) is 16.2. The summed E-state index contributed by atoms with van der Waals surface area (Å²) in [5.74, 6) is -0.582. The number of hydrogen-bond acceptors (Lipinski definition) is 8. The molecule has 3 N–H and O–H groups in total. The smallest absolute Gasteiger partial charge is 0.244 e. The lowest BCUT2D eigenvalue weighted by atomic mass is 9.97. The van der Waals surface area contributed by atoms with Gasteiger partial charge < -0.3 is 5.32 Å². The second kappa shape index (κ2) is 9.31. The van der Waals surface area contributed by atoms with Gasteiger partial charge in [0.25, 0.3) is 0 Å². The van der Waals surface area contributed by atoms with E-state index < -0.39 is 20.0 Å². The minimum absolute atomic E-state index is 0.0202. The zero-order valence-electron chi connectivity index (χ0n) is 17.6. The molecule has 0 atom stereocenters. The van der Waals surface area contributed by atoms with E-state index in [1.807, 2.05) is 6.26 Å². The minimum atomic E-state index is -3.83. The number of rotatable bonds is 6. The molecule has 0 spiro atoms. The van der Waals surface area contributed by atoms with Crippen molar-refractivity contribution in [2.24, 2.45) is 11.1 Å². The zero-order valence-corrected chi connectivity index (χ0v) is 20.9. The third kappa shape index (κ3) is 5.08. The fraction of sp³-hybridized carbons (Fsp3) is 0.300. The van der Waals surface area contributed by atoms with Crippen molar-refractivity contribution in [3.8, 4) is 0 Å². The Hall–Kier alpha value is -2.03. The largest absolute Gasteiger partial charge is 0.302 e. The topological polar surface area (TPSA) is 140 Å². The second-order valence-corrected chi connectivity index (χ2v) is 12.9. The SMILES string of the molecule is CSc1ccccc1S(=O)(=O)N1CCC(C(=O)Nc2nc3ccc(S(N)(=O)=O)cc3s2)CC1. The number of fused-ring (bicyclic) bond motifs is 1. The number of sulfonamides is 2. The van der Waals surface area contributed by atoms with Gasteiger partial charge in [0.15, 0.2) is 5.13 Å². The van der Waals surface area contributed by atoms with Crippen LogP contribution in [0.3, 0.4) is 0 Å². The van der Waals surface area contributed by atoms with Crippen molar-refractivity contribution in [3.63, 3.8) is 0 Å². The highest BCUT2D eigenvalue weighted by molar-refractivity contribution is 7.99. The Morgan fingerprint density at radius 2 is 1.85 bits per heavy atom. The first-order chi connectivity index (χ1) is 15.6. The average Bonchev–Trinajstić information content (AvgIpc) is 3.20. The number of piperidine rings is 1. The van der Waals surface area contributed by atoms with E-state index in [2.05, 4.69) is 10.3 Å². The number of thiazole rings is 1. The molecular formula is C20H22N4O5S4. The van der Waals surface area contributed by atoms with Gasteiger partial charge in [0.05, 0.1) is 20.0 Å². The molecule has 1 fully saturated rings. The Morgan fingerprint density at radius 1 is 1.15 bits per heavy atom. The number of carbonyl (C=O) groups is 1. The molecule has 0 aliphatic carbocycles. The van der Waals surface area contributed by atoms with E-state index in [9.17, 15) is 21.6 Å². The van der Waals surface area contributed by atoms with Crippen LogP contribution in [-0.2, 0) is 24.8 Å². The number of nitrogens with two attached hydrogens (primary N) is 1. The molecule has 0 unspecified atom stereocenters. The predicted octanol–water partition coefficient (Wildman–Crippen LogP) is 2.71. The van der Waals surface area contributed by atoms with Crippen LogP contribution in [0.2, 0.25) is 0 Å². The van der Waals surface area contributed by atoms with Gasteiger partial charge in [0.2, 0.25) is 26.0 Å². The van der Waals surface area contributed by atoms with Crippen LogP contribution < -0.4 is 10.5 Å². The number of nitrogens with one attached hydrogen (secondary N) is 1. The van der Waals surface area contributed by atoms with Gasteiger partial charge in [-0.3, -0.25) is 4.79 Å². The Kier molecular flexibility index (Phi) is 6.80. The van der Waals surface area contributed by atoms with Crippen LogP contribution in [0.25, 0.3) is 10.2 Å². The third-order valence-electron chi connectivity index (χ3n) is 5.43. The van der Waals surface area contributed by atoms with Crippen molar-refractivity contribution in [1.29, 1.82) is 0 Å². The van der Waals surface area contributed by atoms with E-state index in [1.165, 1.54) is 34.3 Å². The molecule has 1 saturated heterocycles. The van der Waals surface area contributed by atoms with Crippen LogP contribution in [0, 0.1) is 5.92 Å². The van der Waals surface area contributed by atoms with E-state index in [1.54, 1.807) is 24.3 Å². The summed E-state index contributed by atoms with van der Waals surface area (Å²) in [5, 5.41) is 8.30. The molecule has 1 aliphatic heterocycles. The molecule has 3 aromatic rings. The highest BCUT2D eigenvalue weighted by atomic mass is 32.2. The maximum absolute atomic E-state index is 13.1. The van der Waals surface area contributed by atoms with Gasteiger partial charge in [0, 0.05) is 23.9 Å². The standard InChI is InChI=1S/C20H22N4O5S4/c1-30-16-4-2-3-5-18(16)33(28,29)24-10-8-13(9-11-24)19(25)23-20-22-15-7-6-14(32(21,26)27)12-17(15)31-20/h2-7,12-13H,8-11H2,1H3,(H2,21,26,27)(H,22,23,25). The molecule has 13 heteroatoms. The third-order valence-corrected chi connectivity index (χ3v) is 10.2. The lowest BCUT2D eigenvalue weighted by Crippen LogP contribution is -2.41. The van der Waals surface area contributed by atoms with Crippen molar-refractivity contribution < 1.29 is 21.6 Å². The van der Waals surface area contributed by atoms with Gasteiger partial charge in [-0.25, -0.2) is 27.0 Å². The number of aromatic nitrogens is 1. The van der Waals surface area contributed by atoms with E-state index in [0.717, 1.165) is 11.3 Å². The van der Waals surface area contributed by atoms with Crippen LogP contribution in [0.1, 0.15) is 12.8 Å². The van der Waals surface area contributed by atoms with Gasteiger partial charge in [0.1, 0.15) is 0 Å². The molecule has 1 aliphatic rings. The van der Waals surface area contributed by atoms with Gasteiger partial charge in [-0.15, -0.1) is 11.8 Å². The fourth-order valence-corrected chi connectivity index (χ4v) is 7.79. The van der Waals surface area contributed by atoms with Gasteiger partial charge in [-0.1, -0.05) is 23.5 Å². The van der Waals surface area contributed by atoms with E-state index in [0.29, 0.717) is 33.1 Å². The fourth-order valence-electron chi connectivity index (χ4n) is 3.67. The minimum Gasteiger partial charge on any atom is -0.302 e. The van der Waals surface area contributed by atoms with Crippen LogP contribution in [0.15, 0.2) is 57.2 Å². The monoisotopic (exact) mass is 526 g/mol. The molecule has 4 rings (SSSR count). The highest BCUT2D eigenvalue weighted by Gasteiger charge is 2.33. The number of anilines is 1. The van der Waals surface area contributed by atoms with Crippen molar-refractivity contribution in [3.05, 3.63) is 42.5 Å². The quantitative estimate of drug-likeness (QED) is 0.471. The maximum Gasteiger partial charge on any atom is 0.244 e. The number of carbonyl (C=O) groups excluding carboxylic acids is 1. The molecule has 1 amide bonds. The Bertz CT molecular complexity index is 1410. The summed E-state index contributed by atoms with van der Waals surface area (Å²) in [6, 6.07) is 11.2. The summed E-state index contributed by atoms with van der Waals surface area (Å²) in [7, 11) is -7.47. The molecule has 176 valence electrons.